The van der Waals surface area contributed by atoms with Crippen LogP contribution in [0.5, 0.6) is 5.75 Å². The highest BCUT2D eigenvalue weighted by molar-refractivity contribution is 5.85. The third-order valence-electron chi connectivity index (χ3n) is 2.93. The van der Waals surface area contributed by atoms with Crippen molar-refractivity contribution in [2.75, 3.05) is 19.7 Å². The van der Waals surface area contributed by atoms with Gasteiger partial charge in [-0.3, -0.25) is 0 Å². The Morgan fingerprint density at radius 2 is 2.16 bits per heavy atom. The van der Waals surface area contributed by atoms with Crippen molar-refractivity contribution < 1.29 is 9.13 Å². The standard InChI is InChI=1S/C15H20FNO.ClH/c1-11(2)10-18-13-3-4-14(15(16)9-13)12-5-7-17-8-6-12;/h3-5,9,11,17H,6-8,10H2,1-2H3;1H. The van der Waals surface area contributed by atoms with Crippen LogP contribution in [0.15, 0.2) is 24.3 Å². The van der Waals surface area contributed by atoms with Crippen molar-refractivity contribution in [2.45, 2.75) is 20.3 Å². The summed E-state index contributed by atoms with van der Waals surface area (Å²) in [6.45, 7) is 6.50. The summed E-state index contributed by atoms with van der Waals surface area (Å²) in [4.78, 5) is 0. The Balaban J connectivity index is 0.00000180. The lowest BCUT2D eigenvalue weighted by molar-refractivity contribution is 0.270. The van der Waals surface area contributed by atoms with Gasteiger partial charge in [0.25, 0.3) is 0 Å². The number of rotatable bonds is 4. The van der Waals surface area contributed by atoms with Gasteiger partial charge in [-0.05, 0) is 36.6 Å². The van der Waals surface area contributed by atoms with E-state index < -0.39 is 0 Å². The van der Waals surface area contributed by atoms with E-state index in [-0.39, 0.29) is 18.2 Å². The van der Waals surface area contributed by atoms with Crippen LogP contribution in [0.3, 0.4) is 0 Å². The summed E-state index contributed by atoms with van der Waals surface area (Å²) >= 11 is 0. The van der Waals surface area contributed by atoms with Gasteiger partial charge < -0.3 is 10.1 Å². The molecule has 0 aromatic heterocycles. The van der Waals surface area contributed by atoms with Gasteiger partial charge in [0.2, 0.25) is 0 Å². The third kappa shape index (κ3) is 4.51. The molecular formula is C15H21ClFNO. The van der Waals surface area contributed by atoms with E-state index in [4.69, 9.17) is 4.74 Å². The fourth-order valence-corrected chi connectivity index (χ4v) is 1.98. The Morgan fingerprint density at radius 1 is 1.37 bits per heavy atom. The third-order valence-corrected chi connectivity index (χ3v) is 2.93. The fourth-order valence-electron chi connectivity index (χ4n) is 1.98. The molecule has 1 aromatic rings. The number of halogens is 2. The molecule has 4 heteroatoms. The molecule has 1 aromatic carbocycles. The highest BCUT2D eigenvalue weighted by Crippen LogP contribution is 2.26. The van der Waals surface area contributed by atoms with Gasteiger partial charge >= 0.3 is 0 Å². The normalized spacial score (nSPS) is 14.8. The molecule has 0 aliphatic carbocycles. The maximum absolute atomic E-state index is 14.0. The SMILES string of the molecule is CC(C)COc1ccc(C2=CCNCC2)c(F)c1.Cl. The molecule has 0 fully saturated rings. The molecular weight excluding hydrogens is 265 g/mol. The zero-order valence-corrected chi connectivity index (χ0v) is 12.2. The van der Waals surface area contributed by atoms with Crippen LogP contribution >= 0.6 is 12.4 Å². The van der Waals surface area contributed by atoms with Crippen LogP contribution in [0.1, 0.15) is 25.8 Å². The molecule has 2 rings (SSSR count). The lowest BCUT2D eigenvalue weighted by atomic mass is 10.00. The van der Waals surface area contributed by atoms with E-state index in [1.165, 1.54) is 6.07 Å². The number of hydrogen-bond donors (Lipinski definition) is 1. The van der Waals surface area contributed by atoms with Crippen molar-refractivity contribution in [3.8, 4) is 5.75 Å². The highest BCUT2D eigenvalue weighted by atomic mass is 35.5. The Labute approximate surface area is 120 Å². The van der Waals surface area contributed by atoms with Crippen molar-refractivity contribution in [3.63, 3.8) is 0 Å². The van der Waals surface area contributed by atoms with E-state index in [1.54, 1.807) is 0 Å². The average molecular weight is 286 g/mol. The highest BCUT2D eigenvalue weighted by Gasteiger charge is 2.11. The first-order valence-corrected chi connectivity index (χ1v) is 6.49. The second-order valence-electron chi connectivity index (χ2n) is 5.03. The summed E-state index contributed by atoms with van der Waals surface area (Å²) in [6, 6.07) is 5.16. The van der Waals surface area contributed by atoms with Crippen LogP contribution in [-0.2, 0) is 0 Å². The van der Waals surface area contributed by atoms with E-state index in [1.807, 2.05) is 12.1 Å². The van der Waals surface area contributed by atoms with Crippen LogP contribution in [0, 0.1) is 11.7 Å². The predicted molar refractivity (Wildman–Crippen MR) is 79.4 cm³/mol. The molecule has 1 heterocycles. The number of ether oxygens (including phenoxy) is 1. The van der Waals surface area contributed by atoms with Gasteiger partial charge in [0.1, 0.15) is 11.6 Å². The van der Waals surface area contributed by atoms with E-state index >= 15 is 0 Å². The first kappa shape index (κ1) is 16.0. The zero-order valence-electron chi connectivity index (χ0n) is 11.4. The summed E-state index contributed by atoms with van der Waals surface area (Å²) in [7, 11) is 0. The van der Waals surface area contributed by atoms with Crippen molar-refractivity contribution >= 4 is 18.0 Å². The van der Waals surface area contributed by atoms with Gasteiger partial charge in [-0.25, -0.2) is 4.39 Å². The smallest absolute Gasteiger partial charge is 0.134 e. The molecule has 0 spiro atoms. The lowest BCUT2D eigenvalue weighted by Crippen LogP contribution is -2.20. The minimum absolute atomic E-state index is 0. The number of hydrogen-bond acceptors (Lipinski definition) is 2. The summed E-state index contributed by atoms with van der Waals surface area (Å²) < 4.78 is 19.5. The largest absolute Gasteiger partial charge is 0.493 e. The molecule has 1 N–H and O–H groups in total. The molecule has 0 unspecified atom stereocenters. The van der Waals surface area contributed by atoms with E-state index in [0.29, 0.717) is 23.8 Å². The molecule has 1 aliphatic heterocycles. The molecule has 0 saturated carbocycles. The minimum atomic E-state index is -0.190. The molecule has 0 radical (unpaired) electrons. The molecule has 106 valence electrons. The number of benzene rings is 1. The maximum Gasteiger partial charge on any atom is 0.134 e. The summed E-state index contributed by atoms with van der Waals surface area (Å²) in [5.41, 5.74) is 1.79. The second kappa shape index (κ2) is 7.51. The summed E-state index contributed by atoms with van der Waals surface area (Å²) in [6.07, 6.45) is 2.93. The molecule has 2 nitrogen and oxygen atoms in total. The second-order valence-corrected chi connectivity index (χ2v) is 5.03. The van der Waals surface area contributed by atoms with Crippen molar-refractivity contribution in [1.29, 1.82) is 0 Å². The van der Waals surface area contributed by atoms with Crippen molar-refractivity contribution in [1.82, 2.24) is 5.32 Å². The van der Waals surface area contributed by atoms with E-state index in [9.17, 15) is 4.39 Å². The number of nitrogens with one attached hydrogen (secondary N) is 1. The summed E-state index contributed by atoms with van der Waals surface area (Å²) in [5, 5.41) is 3.22. The minimum Gasteiger partial charge on any atom is -0.493 e. The molecule has 1 aliphatic rings. The molecule has 0 saturated heterocycles. The van der Waals surface area contributed by atoms with Crippen LogP contribution < -0.4 is 10.1 Å². The maximum atomic E-state index is 14.0. The van der Waals surface area contributed by atoms with Crippen LogP contribution in [0.25, 0.3) is 5.57 Å². The quantitative estimate of drug-likeness (QED) is 0.912. The van der Waals surface area contributed by atoms with Gasteiger partial charge in [-0.2, -0.15) is 0 Å². The van der Waals surface area contributed by atoms with Gasteiger partial charge in [0.05, 0.1) is 6.61 Å². The Morgan fingerprint density at radius 3 is 2.74 bits per heavy atom. The van der Waals surface area contributed by atoms with Crippen molar-refractivity contribution in [2.24, 2.45) is 5.92 Å². The Kier molecular flexibility index (Phi) is 6.32. The zero-order chi connectivity index (χ0) is 13.0. The van der Waals surface area contributed by atoms with Crippen LogP contribution in [0.2, 0.25) is 0 Å². The monoisotopic (exact) mass is 285 g/mol. The summed E-state index contributed by atoms with van der Waals surface area (Å²) in [5.74, 6) is 0.865. The van der Waals surface area contributed by atoms with E-state index in [0.717, 1.165) is 25.1 Å². The van der Waals surface area contributed by atoms with Gasteiger partial charge in [0, 0.05) is 18.2 Å². The Bertz CT molecular complexity index is 446. The van der Waals surface area contributed by atoms with Crippen LogP contribution in [-0.4, -0.2) is 19.7 Å². The molecule has 0 amide bonds. The lowest BCUT2D eigenvalue weighted by Gasteiger charge is -2.16. The average Bonchev–Trinajstić information content (AvgIpc) is 2.37. The topological polar surface area (TPSA) is 21.3 Å². The van der Waals surface area contributed by atoms with Gasteiger partial charge in [-0.15, -0.1) is 12.4 Å². The first-order chi connectivity index (χ1) is 8.66. The Hall–Kier alpha value is -1.06. The predicted octanol–water partition coefficient (Wildman–Crippen LogP) is 3.66. The first-order valence-electron chi connectivity index (χ1n) is 6.49. The molecule has 0 bridgehead atoms. The fraction of sp³-hybridized carbons (Fsp3) is 0.467. The van der Waals surface area contributed by atoms with Crippen molar-refractivity contribution in [3.05, 3.63) is 35.7 Å². The molecule has 19 heavy (non-hydrogen) atoms. The van der Waals surface area contributed by atoms with Crippen LogP contribution in [0.4, 0.5) is 4.39 Å². The van der Waals surface area contributed by atoms with Gasteiger partial charge in [-0.1, -0.05) is 19.9 Å². The molecule has 0 atom stereocenters. The van der Waals surface area contributed by atoms with E-state index in [2.05, 4.69) is 25.2 Å². The van der Waals surface area contributed by atoms with Gasteiger partial charge in [0.15, 0.2) is 0 Å².